The molecular formula is C20H25N3O5. The molecule has 1 saturated carbocycles. The van der Waals surface area contributed by atoms with E-state index in [9.17, 15) is 4.79 Å². The number of carbonyl (C=O) groups is 1. The predicted octanol–water partition coefficient (Wildman–Crippen LogP) is 2.51. The molecule has 1 spiro atoms. The first-order valence-corrected chi connectivity index (χ1v) is 9.70. The van der Waals surface area contributed by atoms with Gasteiger partial charge in [-0.25, -0.2) is 0 Å². The highest BCUT2D eigenvalue weighted by Crippen LogP contribution is 2.45. The number of hydrogen-bond donors (Lipinski definition) is 0. The van der Waals surface area contributed by atoms with E-state index in [-0.39, 0.29) is 12.6 Å². The molecule has 2 aromatic rings. The Morgan fingerprint density at radius 3 is 2.54 bits per heavy atom. The molecule has 8 nitrogen and oxygen atoms in total. The van der Waals surface area contributed by atoms with Crippen LogP contribution in [0.25, 0.3) is 5.69 Å². The molecule has 2 fully saturated rings. The average Bonchev–Trinajstić information content (AvgIpc) is 3.39. The molecule has 28 heavy (non-hydrogen) atoms. The lowest BCUT2D eigenvalue weighted by Crippen LogP contribution is -2.47. The fourth-order valence-corrected chi connectivity index (χ4v) is 3.87. The van der Waals surface area contributed by atoms with E-state index in [1.54, 1.807) is 10.9 Å². The third kappa shape index (κ3) is 3.62. The van der Waals surface area contributed by atoms with E-state index in [0.29, 0.717) is 51.4 Å². The van der Waals surface area contributed by atoms with Gasteiger partial charge in [0.1, 0.15) is 18.2 Å². The molecule has 0 bridgehead atoms. The molecule has 4 rings (SSSR count). The number of nitrogens with zero attached hydrogens (tertiary/aromatic N) is 3. The summed E-state index contributed by atoms with van der Waals surface area (Å²) in [6.45, 7) is 3.55. The first kappa shape index (κ1) is 18.9. The Morgan fingerprint density at radius 2 is 1.86 bits per heavy atom. The van der Waals surface area contributed by atoms with Gasteiger partial charge in [0.15, 0.2) is 5.79 Å². The molecular weight excluding hydrogens is 362 g/mol. The van der Waals surface area contributed by atoms with Crippen LogP contribution >= 0.6 is 0 Å². The SMILES string of the molecule is CCOC(=O)C1(COc2cnnn2-c2ccccc2)CCC2(CC1)OCCO2. The maximum Gasteiger partial charge on any atom is 0.315 e. The van der Waals surface area contributed by atoms with Gasteiger partial charge in [0.25, 0.3) is 0 Å². The maximum atomic E-state index is 12.8. The summed E-state index contributed by atoms with van der Waals surface area (Å²) in [7, 11) is 0. The van der Waals surface area contributed by atoms with Crippen LogP contribution in [0.4, 0.5) is 0 Å². The molecule has 0 N–H and O–H groups in total. The van der Waals surface area contributed by atoms with Crippen LogP contribution in [0, 0.1) is 5.41 Å². The molecule has 1 aromatic heterocycles. The van der Waals surface area contributed by atoms with Crippen molar-refractivity contribution in [3.63, 3.8) is 0 Å². The minimum absolute atomic E-state index is 0.197. The number of esters is 1. The number of benzene rings is 1. The van der Waals surface area contributed by atoms with Gasteiger partial charge in [-0.1, -0.05) is 23.4 Å². The highest BCUT2D eigenvalue weighted by atomic mass is 16.7. The van der Waals surface area contributed by atoms with Crippen LogP contribution in [0.15, 0.2) is 36.5 Å². The van der Waals surface area contributed by atoms with Crippen LogP contribution in [0.3, 0.4) is 0 Å². The minimum atomic E-state index is -0.734. The van der Waals surface area contributed by atoms with Crippen molar-refractivity contribution in [3.8, 4) is 11.6 Å². The lowest BCUT2D eigenvalue weighted by atomic mass is 9.72. The second-order valence-corrected chi connectivity index (χ2v) is 7.22. The van der Waals surface area contributed by atoms with E-state index in [4.69, 9.17) is 18.9 Å². The van der Waals surface area contributed by atoms with Crippen molar-refractivity contribution in [2.24, 2.45) is 5.41 Å². The average molecular weight is 387 g/mol. The van der Waals surface area contributed by atoms with Crippen LogP contribution in [0.2, 0.25) is 0 Å². The Hall–Kier alpha value is -2.45. The maximum absolute atomic E-state index is 12.8. The monoisotopic (exact) mass is 387 g/mol. The van der Waals surface area contributed by atoms with Gasteiger partial charge < -0.3 is 18.9 Å². The smallest absolute Gasteiger partial charge is 0.315 e. The van der Waals surface area contributed by atoms with Crippen LogP contribution in [-0.4, -0.2) is 53.2 Å². The third-order valence-electron chi connectivity index (χ3n) is 5.51. The van der Waals surface area contributed by atoms with Gasteiger partial charge in [0.05, 0.1) is 25.5 Å². The Labute approximate surface area is 163 Å². The van der Waals surface area contributed by atoms with Gasteiger partial charge in [-0.3, -0.25) is 4.79 Å². The topological polar surface area (TPSA) is 84.7 Å². The molecule has 0 radical (unpaired) electrons. The van der Waals surface area contributed by atoms with E-state index < -0.39 is 11.2 Å². The van der Waals surface area contributed by atoms with E-state index in [1.807, 2.05) is 37.3 Å². The minimum Gasteiger partial charge on any atom is -0.475 e. The fourth-order valence-electron chi connectivity index (χ4n) is 3.87. The molecule has 1 aromatic carbocycles. The molecule has 0 amide bonds. The van der Waals surface area contributed by atoms with Crippen LogP contribution < -0.4 is 4.74 Å². The van der Waals surface area contributed by atoms with Gasteiger partial charge in [-0.2, -0.15) is 4.68 Å². The molecule has 1 aliphatic carbocycles. The van der Waals surface area contributed by atoms with Crippen LogP contribution in [0.1, 0.15) is 32.6 Å². The first-order chi connectivity index (χ1) is 13.7. The van der Waals surface area contributed by atoms with Crippen molar-refractivity contribution in [2.45, 2.75) is 38.4 Å². The summed E-state index contributed by atoms with van der Waals surface area (Å²) in [6.07, 6.45) is 4.01. The summed E-state index contributed by atoms with van der Waals surface area (Å²) in [5.74, 6) is -0.297. The summed E-state index contributed by atoms with van der Waals surface area (Å²) in [5, 5.41) is 8.05. The van der Waals surface area contributed by atoms with Gasteiger partial charge in [0, 0.05) is 12.8 Å². The summed E-state index contributed by atoms with van der Waals surface area (Å²) < 4.78 is 24.7. The lowest BCUT2D eigenvalue weighted by Gasteiger charge is -2.41. The van der Waals surface area contributed by atoms with Crippen molar-refractivity contribution in [2.75, 3.05) is 26.4 Å². The molecule has 8 heteroatoms. The van der Waals surface area contributed by atoms with Crippen molar-refractivity contribution < 1.29 is 23.7 Å². The standard InChI is InChI=1S/C20H25N3O5/c1-2-25-18(24)19(8-10-20(11-9-19)27-12-13-28-20)15-26-17-14-21-22-23(17)16-6-4-3-5-7-16/h3-7,14H,2,8-13,15H2,1H3. The quantitative estimate of drug-likeness (QED) is 0.704. The second kappa shape index (κ2) is 7.89. The Balaban J connectivity index is 1.50. The number of aromatic nitrogens is 3. The zero-order valence-electron chi connectivity index (χ0n) is 16.0. The highest BCUT2D eigenvalue weighted by molar-refractivity contribution is 5.77. The van der Waals surface area contributed by atoms with Gasteiger partial charge in [-0.15, -0.1) is 5.10 Å². The zero-order valence-corrected chi connectivity index (χ0v) is 16.0. The fraction of sp³-hybridized carbons (Fsp3) is 0.550. The third-order valence-corrected chi connectivity index (χ3v) is 5.51. The summed E-state index contributed by atoms with van der Waals surface area (Å²) in [5.41, 5.74) is 0.109. The summed E-state index contributed by atoms with van der Waals surface area (Å²) >= 11 is 0. The molecule has 0 atom stereocenters. The van der Waals surface area contributed by atoms with Gasteiger partial charge in [-0.05, 0) is 31.9 Å². The van der Waals surface area contributed by atoms with Crippen LogP contribution in [-0.2, 0) is 19.0 Å². The van der Waals surface area contributed by atoms with Gasteiger partial charge >= 0.3 is 5.97 Å². The highest BCUT2D eigenvalue weighted by Gasteiger charge is 2.51. The lowest BCUT2D eigenvalue weighted by molar-refractivity contribution is -0.202. The zero-order chi connectivity index (χ0) is 19.5. The van der Waals surface area contributed by atoms with Crippen molar-refractivity contribution in [3.05, 3.63) is 36.5 Å². The number of ether oxygens (including phenoxy) is 4. The second-order valence-electron chi connectivity index (χ2n) is 7.22. The summed E-state index contributed by atoms with van der Waals surface area (Å²) in [6, 6.07) is 9.61. The summed E-state index contributed by atoms with van der Waals surface area (Å²) in [4.78, 5) is 12.8. The van der Waals surface area contributed by atoms with E-state index >= 15 is 0 Å². The molecule has 150 valence electrons. The van der Waals surface area contributed by atoms with E-state index in [1.165, 1.54) is 0 Å². The van der Waals surface area contributed by atoms with Crippen LogP contribution in [0.5, 0.6) is 5.88 Å². The molecule has 0 unspecified atom stereocenters. The van der Waals surface area contributed by atoms with Crippen molar-refractivity contribution >= 4 is 5.97 Å². The largest absolute Gasteiger partial charge is 0.475 e. The van der Waals surface area contributed by atoms with Crippen molar-refractivity contribution in [1.29, 1.82) is 0 Å². The molecule has 1 saturated heterocycles. The molecule has 2 heterocycles. The van der Waals surface area contributed by atoms with Crippen molar-refractivity contribution in [1.82, 2.24) is 15.0 Å². The van der Waals surface area contributed by atoms with Gasteiger partial charge in [0.2, 0.25) is 5.88 Å². The first-order valence-electron chi connectivity index (χ1n) is 9.70. The number of hydrogen-bond acceptors (Lipinski definition) is 7. The number of carbonyl (C=O) groups excluding carboxylic acids is 1. The molecule has 2 aliphatic rings. The Kier molecular flexibility index (Phi) is 5.32. The number of para-hydroxylation sites is 1. The normalized spacial score (nSPS) is 20.2. The predicted molar refractivity (Wildman–Crippen MR) is 99.0 cm³/mol. The van der Waals surface area contributed by atoms with E-state index in [0.717, 1.165) is 5.69 Å². The molecule has 1 aliphatic heterocycles. The number of rotatable bonds is 6. The Morgan fingerprint density at radius 1 is 1.14 bits per heavy atom. The van der Waals surface area contributed by atoms with E-state index in [2.05, 4.69) is 10.3 Å². The Bertz CT molecular complexity index is 791.